The van der Waals surface area contributed by atoms with Crippen LogP contribution in [0.3, 0.4) is 0 Å². The predicted molar refractivity (Wildman–Crippen MR) is 83.3 cm³/mol. The molecule has 0 saturated carbocycles. The monoisotopic (exact) mass is 288 g/mol. The Kier molecular flexibility index (Phi) is 5.33. The SMILES string of the molecule is Cc1ccc(NC(=O)N2CCN(CC[C]=O)CC2)cc1C. The van der Waals surface area contributed by atoms with E-state index < -0.39 is 0 Å². The summed E-state index contributed by atoms with van der Waals surface area (Å²) in [5, 5.41) is 2.94. The molecule has 0 atom stereocenters. The van der Waals surface area contributed by atoms with Crippen LogP contribution < -0.4 is 5.32 Å². The molecule has 2 amide bonds. The molecular weight excluding hydrogens is 266 g/mol. The molecule has 1 aliphatic heterocycles. The average molecular weight is 288 g/mol. The summed E-state index contributed by atoms with van der Waals surface area (Å²) in [5.41, 5.74) is 3.22. The van der Waals surface area contributed by atoms with Crippen LogP contribution in [-0.4, -0.2) is 54.8 Å². The summed E-state index contributed by atoms with van der Waals surface area (Å²) in [6.45, 7) is 7.82. The molecule has 1 saturated heterocycles. The van der Waals surface area contributed by atoms with E-state index >= 15 is 0 Å². The molecule has 1 heterocycles. The maximum atomic E-state index is 12.2. The van der Waals surface area contributed by atoms with Gasteiger partial charge < -0.3 is 10.2 Å². The first-order valence-electron chi connectivity index (χ1n) is 7.30. The average Bonchev–Trinajstić information content (AvgIpc) is 2.49. The molecule has 5 nitrogen and oxygen atoms in total. The van der Waals surface area contributed by atoms with Crippen LogP contribution in [0.2, 0.25) is 0 Å². The Morgan fingerprint density at radius 3 is 2.52 bits per heavy atom. The van der Waals surface area contributed by atoms with Crippen molar-refractivity contribution in [3.05, 3.63) is 29.3 Å². The van der Waals surface area contributed by atoms with Gasteiger partial charge >= 0.3 is 6.03 Å². The Balaban J connectivity index is 1.84. The third-order valence-electron chi connectivity index (χ3n) is 3.95. The van der Waals surface area contributed by atoms with Gasteiger partial charge in [0.05, 0.1) is 0 Å². The van der Waals surface area contributed by atoms with Gasteiger partial charge in [0.25, 0.3) is 0 Å². The van der Waals surface area contributed by atoms with Crippen LogP contribution in [0, 0.1) is 13.8 Å². The van der Waals surface area contributed by atoms with Gasteiger partial charge in [0.15, 0.2) is 6.29 Å². The summed E-state index contributed by atoms with van der Waals surface area (Å²) in [6.07, 6.45) is 2.35. The molecule has 1 aliphatic rings. The van der Waals surface area contributed by atoms with Crippen molar-refractivity contribution in [3.63, 3.8) is 0 Å². The summed E-state index contributed by atoms with van der Waals surface area (Å²) in [5.74, 6) is 0. The zero-order chi connectivity index (χ0) is 15.2. The Morgan fingerprint density at radius 1 is 1.19 bits per heavy atom. The van der Waals surface area contributed by atoms with E-state index in [1.807, 2.05) is 36.3 Å². The van der Waals surface area contributed by atoms with Gasteiger partial charge in [-0.05, 0) is 37.1 Å². The molecule has 0 aromatic heterocycles. The van der Waals surface area contributed by atoms with E-state index in [0.29, 0.717) is 19.5 Å². The minimum absolute atomic E-state index is 0.0557. The number of anilines is 1. The lowest BCUT2D eigenvalue weighted by Crippen LogP contribution is -2.50. The fourth-order valence-corrected chi connectivity index (χ4v) is 2.40. The van der Waals surface area contributed by atoms with E-state index in [0.717, 1.165) is 25.3 Å². The molecule has 1 radical (unpaired) electrons. The highest BCUT2D eigenvalue weighted by Gasteiger charge is 2.20. The zero-order valence-electron chi connectivity index (χ0n) is 12.7. The summed E-state index contributed by atoms with van der Waals surface area (Å²) in [4.78, 5) is 26.5. The van der Waals surface area contributed by atoms with Crippen LogP contribution >= 0.6 is 0 Å². The fraction of sp³-hybridized carbons (Fsp3) is 0.500. The van der Waals surface area contributed by atoms with Gasteiger partial charge in [0.2, 0.25) is 0 Å². The highest BCUT2D eigenvalue weighted by atomic mass is 16.2. The quantitative estimate of drug-likeness (QED) is 0.921. The number of amides is 2. The van der Waals surface area contributed by atoms with Crippen molar-refractivity contribution in [3.8, 4) is 0 Å². The third kappa shape index (κ3) is 4.29. The molecular formula is C16H22N3O2. The molecule has 21 heavy (non-hydrogen) atoms. The van der Waals surface area contributed by atoms with Crippen molar-refractivity contribution in [2.75, 3.05) is 38.0 Å². The van der Waals surface area contributed by atoms with E-state index in [4.69, 9.17) is 0 Å². The third-order valence-corrected chi connectivity index (χ3v) is 3.95. The molecule has 1 aromatic carbocycles. The molecule has 0 spiro atoms. The highest BCUT2D eigenvalue weighted by molar-refractivity contribution is 5.89. The Morgan fingerprint density at radius 2 is 1.90 bits per heavy atom. The first-order chi connectivity index (χ1) is 10.1. The summed E-state index contributed by atoms with van der Waals surface area (Å²) < 4.78 is 0. The Hall–Kier alpha value is -1.88. The van der Waals surface area contributed by atoms with Crippen LogP contribution in [-0.2, 0) is 4.79 Å². The van der Waals surface area contributed by atoms with Crippen molar-refractivity contribution in [1.82, 2.24) is 9.80 Å². The number of aryl methyl sites for hydroxylation is 2. The maximum absolute atomic E-state index is 12.2. The van der Waals surface area contributed by atoms with E-state index in [9.17, 15) is 9.59 Å². The Bertz CT molecular complexity index is 508. The number of hydrogen-bond donors (Lipinski definition) is 1. The fourth-order valence-electron chi connectivity index (χ4n) is 2.40. The topological polar surface area (TPSA) is 52.7 Å². The number of urea groups is 1. The molecule has 0 bridgehead atoms. The second kappa shape index (κ2) is 7.22. The van der Waals surface area contributed by atoms with Crippen LogP contribution in [0.25, 0.3) is 0 Å². The molecule has 5 heteroatoms. The smallest absolute Gasteiger partial charge is 0.321 e. The molecule has 2 rings (SSSR count). The van der Waals surface area contributed by atoms with Gasteiger partial charge in [-0.1, -0.05) is 6.07 Å². The predicted octanol–water partition coefficient (Wildman–Crippen LogP) is 1.95. The number of piperazine rings is 1. The minimum Gasteiger partial charge on any atom is -0.322 e. The van der Waals surface area contributed by atoms with E-state index in [-0.39, 0.29) is 6.03 Å². The van der Waals surface area contributed by atoms with Crippen LogP contribution in [0.15, 0.2) is 18.2 Å². The number of carbonyl (C=O) groups excluding carboxylic acids is 2. The molecule has 113 valence electrons. The Labute approximate surface area is 125 Å². The number of carbonyl (C=O) groups is 1. The van der Waals surface area contributed by atoms with Gasteiger partial charge in [0, 0.05) is 44.8 Å². The second-order valence-corrected chi connectivity index (χ2v) is 5.45. The maximum Gasteiger partial charge on any atom is 0.321 e. The second-order valence-electron chi connectivity index (χ2n) is 5.45. The summed E-state index contributed by atoms with van der Waals surface area (Å²) in [7, 11) is 0. The largest absolute Gasteiger partial charge is 0.322 e. The number of benzene rings is 1. The number of nitrogens with zero attached hydrogens (tertiary/aromatic N) is 2. The van der Waals surface area contributed by atoms with Gasteiger partial charge in [0.1, 0.15) is 0 Å². The number of rotatable bonds is 4. The van der Waals surface area contributed by atoms with Crippen molar-refractivity contribution < 1.29 is 9.59 Å². The highest BCUT2D eigenvalue weighted by Crippen LogP contribution is 2.15. The van der Waals surface area contributed by atoms with Gasteiger partial charge in [-0.3, -0.25) is 9.69 Å². The van der Waals surface area contributed by atoms with Gasteiger partial charge in [-0.15, -0.1) is 0 Å². The standard InChI is InChI=1S/C16H22N3O2/c1-13-4-5-15(12-14(13)2)17-16(21)19-9-7-18(8-10-19)6-3-11-20/h4-5,12H,3,6-10H2,1-2H3,(H,17,21). The van der Waals surface area contributed by atoms with Gasteiger partial charge in [-0.25, -0.2) is 4.79 Å². The van der Waals surface area contributed by atoms with Crippen molar-refractivity contribution in [1.29, 1.82) is 0 Å². The summed E-state index contributed by atoms with van der Waals surface area (Å²) >= 11 is 0. The number of hydrogen-bond acceptors (Lipinski definition) is 3. The molecule has 1 aromatic rings. The lowest BCUT2D eigenvalue weighted by Gasteiger charge is -2.34. The van der Waals surface area contributed by atoms with Crippen LogP contribution in [0.1, 0.15) is 17.5 Å². The lowest BCUT2D eigenvalue weighted by molar-refractivity contribution is 0.149. The first-order valence-corrected chi connectivity index (χ1v) is 7.30. The molecule has 1 fully saturated rings. The first kappa shape index (κ1) is 15.5. The molecule has 0 unspecified atom stereocenters. The van der Waals surface area contributed by atoms with E-state index in [2.05, 4.69) is 17.1 Å². The zero-order valence-corrected chi connectivity index (χ0v) is 12.7. The van der Waals surface area contributed by atoms with Gasteiger partial charge in [-0.2, -0.15) is 0 Å². The van der Waals surface area contributed by atoms with Crippen molar-refractivity contribution in [2.24, 2.45) is 0 Å². The van der Waals surface area contributed by atoms with Crippen LogP contribution in [0.5, 0.6) is 0 Å². The molecule has 0 aliphatic carbocycles. The lowest BCUT2D eigenvalue weighted by atomic mass is 10.1. The minimum atomic E-state index is -0.0557. The van der Waals surface area contributed by atoms with E-state index in [1.54, 1.807) is 0 Å². The summed E-state index contributed by atoms with van der Waals surface area (Å²) in [6, 6.07) is 5.87. The van der Waals surface area contributed by atoms with Crippen molar-refractivity contribution in [2.45, 2.75) is 20.3 Å². The number of nitrogens with one attached hydrogen (secondary N) is 1. The normalized spacial score (nSPS) is 15.8. The van der Waals surface area contributed by atoms with Crippen LogP contribution in [0.4, 0.5) is 10.5 Å². The van der Waals surface area contributed by atoms with Crippen molar-refractivity contribution >= 4 is 18.0 Å². The molecule has 1 N–H and O–H groups in total. The van der Waals surface area contributed by atoms with E-state index in [1.165, 1.54) is 11.1 Å².